The number of phenolic OH excluding ortho intramolecular Hbond substituents is 1. The molecule has 1 aliphatic heterocycles. The predicted molar refractivity (Wildman–Crippen MR) is 87.7 cm³/mol. The second kappa shape index (κ2) is 6.65. The molecule has 0 spiro atoms. The van der Waals surface area contributed by atoms with Crippen molar-refractivity contribution < 1.29 is 14.7 Å². The largest absolute Gasteiger partial charge is 0.508 e. The van der Waals surface area contributed by atoms with E-state index in [9.17, 15) is 14.7 Å². The second-order valence-corrected chi connectivity index (χ2v) is 5.80. The summed E-state index contributed by atoms with van der Waals surface area (Å²) >= 11 is 0. The summed E-state index contributed by atoms with van der Waals surface area (Å²) in [6, 6.07) is 13.5. The van der Waals surface area contributed by atoms with Crippen LogP contribution in [-0.2, 0) is 6.42 Å². The summed E-state index contributed by atoms with van der Waals surface area (Å²) in [6.07, 6.45) is 2.27. The topological polar surface area (TPSA) is 57.6 Å². The van der Waals surface area contributed by atoms with Gasteiger partial charge in [0.05, 0.1) is 0 Å². The number of amides is 1. The van der Waals surface area contributed by atoms with Crippen LogP contribution < -0.4 is 0 Å². The molecule has 0 unspecified atom stereocenters. The van der Waals surface area contributed by atoms with E-state index < -0.39 is 0 Å². The minimum Gasteiger partial charge on any atom is -0.508 e. The molecule has 1 N–H and O–H groups in total. The molecule has 2 aromatic carbocycles. The van der Waals surface area contributed by atoms with Gasteiger partial charge in [0.2, 0.25) is 0 Å². The molecule has 0 radical (unpaired) electrons. The van der Waals surface area contributed by atoms with Crippen LogP contribution in [0.4, 0.5) is 0 Å². The standard InChI is InChI=1S/C19H19NO3/c21-16-9-7-14(8-10-16)18(22)13-15-5-1-2-6-17(15)19(23)20-11-3-4-12-20/h1-2,5-10,21H,3-4,11-13H2. The average molecular weight is 309 g/mol. The van der Waals surface area contributed by atoms with Gasteiger partial charge in [-0.3, -0.25) is 9.59 Å². The van der Waals surface area contributed by atoms with E-state index in [4.69, 9.17) is 0 Å². The zero-order valence-electron chi connectivity index (χ0n) is 12.9. The first kappa shape index (κ1) is 15.3. The molecule has 1 heterocycles. The molecular weight excluding hydrogens is 290 g/mol. The summed E-state index contributed by atoms with van der Waals surface area (Å²) in [7, 11) is 0. The molecule has 1 fully saturated rings. The summed E-state index contributed by atoms with van der Waals surface area (Å²) in [5.41, 5.74) is 1.90. The molecule has 118 valence electrons. The van der Waals surface area contributed by atoms with Crippen molar-refractivity contribution in [2.24, 2.45) is 0 Å². The number of rotatable bonds is 4. The van der Waals surface area contributed by atoms with Crippen LogP contribution in [0.5, 0.6) is 5.75 Å². The van der Waals surface area contributed by atoms with Crippen LogP contribution in [0.15, 0.2) is 48.5 Å². The highest BCUT2D eigenvalue weighted by Gasteiger charge is 2.22. The number of hydrogen-bond acceptors (Lipinski definition) is 3. The Kier molecular flexibility index (Phi) is 4.42. The zero-order valence-corrected chi connectivity index (χ0v) is 12.9. The molecule has 1 saturated heterocycles. The lowest BCUT2D eigenvalue weighted by atomic mass is 9.98. The van der Waals surface area contributed by atoms with Crippen molar-refractivity contribution in [3.63, 3.8) is 0 Å². The highest BCUT2D eigenvalue weighted by atomic mass is 16.3. The van der Waals surface area contributed by atoms with Crippen molar-refractivity contribution in [3.8, 4) is 5.75 Å². The molecule has 3 rings (SSSR count). The molecule has 0 saturated carbocycles. The maximum Gasteiger partial charge on any atom is 0.254 e. The lowest BCUT2D eigenvalue weighted by Crippen LogP contribution is -2.28. The Bertz CT molecular complexity index is 716. The van der Waals surface area contributed by atoms with Crippen molar-refractivity contribution in [1.82, 2.24) is 4.90 Å². The molecule has 4 nitrogen and oxygen atoms in total. The van der Waals surface area contributed by atoms with E-state index in [0.717, 1.165) is 31.5 Å². The van der Waals surface area contributed by atoms with E-state index in [1.165, 1.54) is 12.1 Å². The van der Waals surface area contributed by atoms with Gasteiger partial charge in [-0.2, -0.15) is 0 Å². The van der Waals surface area contributed by atoms with Crippen molar-refractivity contribution in [2.75, 3.05) is 13.1 Å². The number of hydrogen-bond donors (Lipinski definition) is 1. The molecule has 2 aromatic rings. The Labute approximate surface area is 135 Å². The first-order chi connectivity index (χ1) is 11.1. The number of aromatic hydroxyl groups is 1. The van der Waals surface area contributed by atoms with Crippen LogP contribution >= 0.6 is 0 Å². The Balaban J connectivity index is 1.81. The fourth-order valence-corrected chi connectivity index (χ4v) is 2.90. The van der Waals surface area contributed by atoms with Gasteiger partial charge in [-0.15, -0.1) is 0 Å². The molecule has 0 aromatic heterocycles. The lowest BCUT2D eigenvalue weighted by molar-refractivity contribution is 0.0792. The molecule has 1 aliphatic rings. The summed E-state index contributed by atoms with van der Waals surface area (Å²) in [4.78, 5) is 26.9. The summed E-state index contributed by atoms with van der Waals surface area (Å²) in [5, 5.41) is 9.30. The van der Waals surface area contributed by atoms with Crippen LogP contribution in [0.2, 0.25) is 0 Å². The third-order valence-corrected chi connectivity index (χ3v) is 4.18. The lowest BCUT2D eigenvalue weighted by Gasteiger charge is -2.17. The molecule has 23 heavy (non-hydrogen) atoms. The highest BCUT2D eigenvalue weighted by molar-refractivity contribution is 6.01. The molecule has 4 heteroatoms. The molecular formula is C19H19NO3. The smallest absolute Gasteiger partial charge is 0.254 e. The Morgan fingerprint density at radius 2 is 1.61 bits per heavy atom. The maximum absolute atomic E-state index is 12.6. The summed E-state index contributed by atoms with van der Waals surface area (Å²) in [6.45, 7) is 1.58. The number of ketones is 1. The minimum atomic E-state index is -0.0633. The van der Waals surface area contributed by atoms with Crippen LogP contribution in [0.1, 0.15) is 39.1 Å². The van der Waals surface area contributed by atoms with Gasteiger partial charge in [-0.25, -0.2) is 0 Å². The number of carbonyl (C=O) groups excluding carboxylic acids is 2. The number of likely N-dealkylation sites (tertiary alicyclic amines) is 1. The monoisotopic (exact) mass is 309 g/mol. The fraction of sp³-hybridized carbons (Fsp3) is 0.263. The maximum atomic E-state index is 12.6. The molecule has 0 atom stereocenters. The molecule has 1 amide bonds. The third kappa shape index (κ3) is 3.42. The van der Waals surface area contributed by atoms with E-state index >= 15 is 0 Å². The Hall–Kier alpha value is -2.62. The predicted octanol–water partition coefficient (Wildman–Crippen LogP) is 3.05. The Morgan fingerprint density at radius 3 is 2.30 bits per heavy atom. The van der Waals surface area contributed by atoms with E-state index in [1.54, 1.807) is 18.2 Å². The Morgan fingerprint density at radius 1 is 0.957 bits per heavy atom. The van der Waals surface area contributed by atoms with Gasteiger partial charge >= 0.3 is 0 Å². The van der Waals surface area contributed by atoms with E-state index in [2.05, 4.69) is 0 Å². The average Bonchev–Trinajstić information content (AvgIpc) is 3.10. The van der Waals surface area contributed by atoms with Crippen LogP contribution in [-0.4, -0.2) is 34.8 Å². The minimum absolute atomic E-state index is 0.0107. The fourth-order valence-electron chi connectivity index (χ4n) is 2.90. The van der Waals surface area contributed by atoms with Gasteiger partial charge in [0, 0.05) is 30.6 Å². The van der Waals surface area contributed by atoms with E-state index in [-0.39, 0.29) is 23.9 Å². The van der Waals surface area contributed by atoms with Gasteiger partial charge < -0.3 is 10.0 Å². The number of Topliss-reactive ketones (excluding diaryl/α,β-unsaturated/α-hetero) is 1. The van der Waals surface area contributed by atoms with Crippen LogP contribution in [0, 0.1) is 0 Å². The summed E-state index contributed by atoms with van der Waals surface area (Å²) < 4.78 is 0. The van der Waals surface area contributed by atoms with E-state index in [1.807, 2.05) is 23.1 Å². The van der Waals surface area contributed by atoms with Crippen molar-refractivity contribution in [1.29, 1.82) is 0 Å². The van der Waals surface area contributed by atoms with Gasteiger partial charge in [-0.05, 0) is 48.7 Å². The first-order valence-electron chi connectivity index (χ1n) is 7.84. The first-order valence-corrected chi connectivity index (χ1v) is 7.84. The van der Waals surface area contributed by atoms with Crippen LogP contribution in [0.25, 0.3) is 0 Å². The van der Waals surface area contributed by atoms with Gasteiger partial charge in [0.1, 0.15) is 5.75 Å². The SMILES string of the molecule is O=C(Cc1ccccc1C(=O)N1CCCC1)c1ccc(O)cc1. The molecule has 0 bridgehead atoms. The second-order valence-electron chi connectivity index (χ2n) is 5.80. The number of benzene rings is 2. The molecule has 0 aliphatic carbocycles. The van der Waals surface area contributed by atoms with Gasteiger partial charge in [-0.1, -0.05) is 18.2 Å². The van der Waals surface area contributed by atoms with Gasteiger partial charge in [0.25, 0.3) is 5.91 Å². The third-order valence-electron chi connectivity index (χ3n) is 4.18. The quantitative estimate of drug-likeness (QED) is 0.883. The number of phenols is 1. The van der Waals surface area contributed by atoms with Gasteiger partial charge in [0.15, 0.2) is 5.78 Å². The van der Waals surface area contributed by atoms with Crippen molar-refractivity contribution in [2.45, 2.75) is 19.3 Å². The summed E-state index contributed by atoms with van der Waals surface area (Å²) in [5.74, 6) is 0.0782. The highest BCUT2D eigenvalue weighted by Crippen LogP contribution is 2.19. The van der Waals surface area contributed by atoms with Crippen molar-refractivity contribution in [3.05, 3.63) is 65.2 Å². The number of nitrogens with zero attached hydrogens (tertiary/aromatic N) is 1. The number of carbonyl (C=O) groups is 2. The normalized spacial score (nSPS) is 14.0. The zero-order chi connectivity index (χ0) is 16.2. The van der Waals surface area contributed by atoms with Crippen molar-refractivity contribution >= 4 is 11.7 Å². The van der Waals surface area contributed by atoms with E-state index in [0.29, 0.717) is 11.1 Å². The van der Waals surface area contributed by atoms with Crippen LogP contribution in [0.3, 0.4) is 0 Å².